The molecule has 152 valence electrons. The van der Waals surface area contributed by atoms with Crippen molar-refractivity contribution in [1.82, 2.24) is 25.1 Å². The maximum absolute atomic E-state index is 12.7. The standard InChI is InChI=1S/C17H24N6O3S2/c1-12(13-6-5-9-15(10-13)28(18,25)26)22(2)16(24)11-27-17-19-20-21-23(17)14-7-3-4-8-14/h5-6,9-10,12,14H,3-4,7-8,11H2,1-2H3,(H2,18,25,26). The second-order valence-electron chi connectivity index (χ2n) is 6.93. The van der Waals surface area contributed by atoms with Crippen LogP contribution >= 0.6 is 11.8 Å². The van der Waals surface area contributed by atoms with Crippen LogP contribution in [0.1, 0.15) is 50.3 Å². The summed E-state index contributed by atoms with van der Waals surface area (Å²) in [5.74, 6) is 0.0995. The van der Waals surface area contributed by atoms with Gasteiger partial charge in [0.2, 0.25) is 21.1 Å². The molecular formula is C17H24N6O3S2. The highest BCUT2D eigenvalue weighted by atomic mass is 32.2. The van der Waals surface area contributed by atoms with Crippen LogP contribution in [-0.4, -0.2) is 52.2 Å². The van der Waals surface area contributed by atoms with Crippen molar-refractivity contribution in [1.29, 1.82) is 0 Å². The average Bonchev–Trinajstić information content (AvgIpc) is 3.35. The topological polar surface area (TPSA) is 124 Å². The van der Waals surface area contributed by atoms with Gasteiger partial charge in [0.05, 0.1) is 22.7 Å². The Hall–Kier alpha value is -1.98. The van der Waals surface area contributed by atoms with E-state index in [2.05, 4.69) is 15.5 Å². The Labute approximate surface area is 168 Å². The maximum atomic E-state index is 12.7. The number of amides is 1. The lowest BCUT2D eigenvalue weighted by atomic mass is 10.1. The number of sulfonamides is 1. The number of nitrogens with zero attached hydrogens (tertiary/aromatic N) is 5. The summed E-state index contributed by atoms with van der Waals surface area (Å²) in [6, 6.07) is 6.33. The zero-order valence-electron chi connectivity index (χ0n) is 15.9. The summed E-state index contributed by atoms with van der Waals surface area (Å²) in [5.41, 5.74) is 0.697. The number of aromatic nitrogens is 4. The fraction of sp³-hybridized carbons (Fsp3) is 0.529. The highest BCUT2D eigenvalue weighted by molar-refractivity contribution is 7.99. The predicted molar refractivity (Wildman–Crippen MR) is 105 cm³/mol. The van der Waals surface area contributed by atoms with Gasteiger partial charge in [-0.25, -0.2) is 18.2 Å². The molecule has 11 heteroatoms. The first kappa shape index (κ1) is 20.7. The molecule has 0 saturated heterocycles. The number of carbonyl (C=O) groups is 1. The molecule has 1 heterocycles. The Morgan fingerprint density at radius 1 is 1.39 bits per heavy atom. The summed E-state index contributed by atoms with van der Waals surface area (Å²) in [7, 11) is -2.10. The third kappa shape index (κ3) is 4.70. The smallest absolute Gasteiger partial charge is 0.238 e. The number of carbonyl (C=O) groups excluding carboxylic acids is 1. The third-order valence-corrected chi connectivity index (χ3v) is 6.93. The molecule has 1 saturated carbocycles. The molecule has 1 aromatic heterocycles. The number of thioether (sulfide) groups is 1. The third-order valence-electron chi connectivity index (χ3n) is 5.10. The summed E-state index contributed by atoms with van der Waals surface area (Å²) in [5, 5.41) is 17.7. The van der Waals surface area contributed by atoms with E-state index in [1.165, 1.54) is 36.7 Å². The van der Waals surface area contributed by atoms with Crippen LogP contribution in [0.25, 0.3) is 0 Å². The van der Waals surface area contributed by atoms with Crippen molar-refractivity contribution in [2.45, 2.75) is 54.7 Å². The van der Waals surface area contributed by atoms with Gasteiger partial charge in [0, 0.05) is 7.05 Å². The van der Waals surface area contributed by atoms with E-state index in [1.54, 1.807) is 24.1 Å². The first-order chi connectivity index (χ1) is 13.3. The SMILES string of the molecule is CC(c1cccc(S(N)(=O)=O)c1)N(C)C(=O)CSc1nnnn1C1CCCC1. The molecule has 28 heavy (non-hydrogen) atoms. The van der Waals surface area contributed by atoms with Gasteiger partial charge in [-0.2, -0.15) is 0 Å². The highest BCUT2D eigenvalue weighted by Crippen LogP contribution is 2.31. The largest absolute Gasteiger partial charge is 0.338 e. The van der Waals surface area contributed by atoms with Gasteiger partial charge in [0.1, 0.15) is 0 Å². The van der Waals surface area contributed by atoms with Gasteiger partial charge in [0.25, 0.3) is 0 Å². The van der Waals surface area contributed by atoms with Gasteiger partial charge in [-0.1, -0.05) is 36.7 Å². The second-order valence-corrected chi connectivity index (χ2v) is 9.44. The van der Waals surface area contributed by atoms with Crippen LogP contribution in [-0.2, 0) is 14.8 Å². The van der Waals surface area contributed by atoms with Crippen molar-refractivity contribution in [3.05, 3.63) is 29.8 Å². The van der Waals surface area contributed by atoms with Gasteiger partial charge in [-0.3, -0.25) is 4.79 Å². The minimum Gasteiger partial charge on any atom is -0.338 e. The zero-order valence-corrected chi connectivity index (χ0v) is 17.5. The van der Waals surface area contributed by atoms with Gasteiger partial charge < -0.3 is 4.90 Å². The Morgan fingerprint density at radius 3 is 2.79 bits per heavy atom. The molecule has 2 N–H and O–H groups in total. The molecule has 1 aliphatic rings. The summed E-state index contributed by atoms with van der Waals surface area (Å²) in [6.45, 7) is 1.84. The number of nitrogens with two attached hydrogens (primary N) is 1. The summed E-state index contributed by atoms with van der Waals surface area (Å²) < 4.78 is 24.9. The van der Waals surface area contributed by atoms with Crippen LogP contribution in [0.2, 0.25) is 0 Å². The fourth-order valence-electron chi connectivity index (χ4n) is 3.28. The van der Waals surface area contributed by atoms with Gasteiger partial charge in [0.15, 0.2) is 0 Å². The molecule has 0 spiro atoms. The lowest BCUT2D eigenvalue weighted by Crippen LogP contribution is -2.31. The van der Waals surface area contributed by atoms with E-state index in [9.17, 15) is 13.2 Å². The summed E-state index contributed by atoms with van der Waals surface area (Å²) >= 11 is 1.32. The molecule has 2 aromatic rings. The van der Waals surface area contributed by atoms with Crippen molar-refractivity contribution in [3.63, 3.8) is 0 Å². The molecule has 1 amide bonds. The normalized spacial score (nSPS) is 16.2. The van der Waals surface area contributed by atoms with Crippen molar-refractivity contribution < 1.29 is 13.2 Å². The average molecular weight is 425 g/mol. The van der Waals surface area contributed by atoms with Gasteiger partial charge >= 0.3 is 0 Å². The molecule has 1 unspecified atom stereocenters. The number of tetrazole rings is 1. The second kappa shape index (κ2) is 8.58. The monoisotopic (exact) mass is 424 g/mol. The van der Waals surface area contributed by atoms with Gasteiger partial charge in [-0.05, 0) is 47.9 Å². The van der Waals surface area contributed by atoms with Crippen molar-refractivity contribution in [3.8, 4) is 0 Å². The number of rotatable bonds is 7. The van der Waals surface area contributed by atoms with E-state index in [1.807, 2.05) is 11.6 Å². The maximum Gasteiger partial charge on any atom is 0.238 e. The van der Waals surface area contributed by atoms with E-state index < -0.39 is 10.0 Å². The Bertz CT molecular complexity index is 940. The minimum atomic E-state index is -3.79. The fourth-order valence-corrected chi connectivity index (χ4v) is 4.71. The molecule has 3 rings (SSSR count). The van der Waals surface area contributed by atoms with Crippen LogP contribution in [0.3, 0.4) is 0 Å². The number of primary sulfonamides is 1. The molecule has 1 fully saturated rings. The number of benzene rings is 1. The van der Waals surface area contributed by atoms with Crippen LogP contribution in [0.4, 0.5) is 0 Å². The van der Waals surface area contributed by atoms with Crippen LogP contribution < -0.4 is 5.14 Å². The predicted octanol–water partition coefficient (Wildman–Crippen LogP) is 1.75. The zero-order chi connectivity index (χ0) is 20.3. The minimum absolute atomic E-state index is 0.0304. The van der Waals surface area contributed by atoms with E-state index in [4.69, 9.17) is 5.14 Å². The molecule has 1 aliphatic carbocycles. The van der Waals surface area contributed by atoms with Gasteiger partial charge in [-0.15, -0.1) is 5.10 Å². The first-order valence-corrected chi connectivity index (χ1v) is 11.6. The molecule has 9 nitrogen and oxygen atoms in total. The lowest BCUT2D eigenvalue weighted by Gasteiger charge is -2.25. The summed E-state index contributed by atoms with van der Waals surface area (Å²) in [6.07, 6.45) is 4.46. The van der Waals surface area contributed by atoms with E-state index >= 15 is 0 Å². The van der Waals surface area contributed by atoms with Crippen LogP contribution in [0, 0.1) is 0 Å². The Morgan fingerprint density at radius 2 is 2.11 bits per heavy atom. The molecule has 0 bridgehead atoms. The highest BCUT2D eigenvalue weighted by Gasteiger charge is 2.24. The van der Waals surface area contributed by atoms with Crippen LogP contribution in [0.5, 0.6) is 0 Å². The lowest BCUT2D eigenvalue weighted by molar-refractivity contribution is -0.128. The first-order valence-electron chi connectivity index (χ1n) is 9.06. The van der Waals surface area contributed by atoms with Crippen molar-refractivity contribution >= 4 is 27.7 Å². The molecule has 0 aliphatic heterocycles. The number of hydrogen-bond acceptors (Lipinski definition) is 7. The van der Waals surface area contributed by atoms with E-state index in [-0.39, 0.29) is 22.6 Å². The Kier molecular flexibility index (Phi) is 6.36. The van der Waals surface area contributed by atoms with E-state index in [0.717, 1.165) is 12.8 Å². The number of hydrogen-bond donors (Lipinski definition) is 1. The molecule has 1 atom stereocenters. The quantitative estimate of drug-likeness (QED) is 0.671. The van der Waals surface area contributed by atoms with Crippen LogP contribution in [0.15, 0.2) is 34.3 Å². The Balaban J connectivity index is 1.64. The molecular weight excluding hydrogens is 400 g/mol. The van der Waals surface area contributed by atoms with E-state index in [0.29, 0.717) is 16.8 Å². The molecule has 1 aromatic carbocycles. The van der Waals surface area contributed by atoms with Crippen molar-refractivity contribution in [2.75, 3.05) is 12.8 Å². The molecule has 0 radical (unpaired) electrons. The summed E-state index contributed by atoms with van der Waals surface area (Å²) in [4.78, 5) is 14.3. The van der Waals surface area contributed by atoms with Crippen molar-refractivity contribution in [2.24, 2.45) is 5.14 Å².